The van der Waals surface area contributed by atoms with Gasteiger partial charge in [0.05, 0.1) is 0 Å². The molecule has 2 rings (SSSR count). The fraction of sp³-hybridized carbons (Fsp3) is 0.111. The van der Waals surface area contributed by atoms with Crippen LogP contribution in [0, 0.1) is 10.5 Å². The highest BCUT2D eigenvalue weighted by Crippen LogP contribution is 2.36. The zero-order valence-electron chi connectivity index (χ0n) is 6.40. The zero-order valence-corrected chi connectivity index (χ0v) is 11.0. The molecule has 2 aromatic rings. The van der Waals surface area contributed by atoms with Gasteiger partial charge in [0.15, 0.2) is 0 Å². The Kier molecular flexibility index (Phi) is 2.44. The summed E-state index contributed by atoms with van der Waals surface area (Å²) in [5.41, 5.74) is 0. The summed E-state index contributed by atoms with van der Waals surface area (Å²) in [6.07, 6.45) is 0. The molecule has 0 radical (unpaired) electrons. The molecule has 0 amide bonds. The van der Waals surface area contributed by atoms with E-state index in [2.05, 4.69) is 63.6 Å². The summed E-state index contributed by atoms with van der Waals surface area (Å²) >= 11 is 7.81. The third kappa shape index (κ3) is 1.32. The van der Waals surface area contributed by atoms with Gasteiger partial charge in [0.1, 0.15) is 0 Å². The standard InChI is InChI=1S/C9H6BrIS/c1-5-8(11)6-3-2-4-7(10)9(6)12-5/h2-4H,1H3. The van der Waals surface area contributed by atoms with Crippen LogP contribution in [-0.4, -0.2) is 0 Å². The third-order valence-electron chi connectivity index (χ3n) is 1.77. The van der Waals surface area contributed by atoms with E-state index in [1.165, 1.54) is 23.0 Å². The summed E-state index contributed by atoms with van der Waals surface area (Å²) in [6.45, 7) is 2.17. The van der Waals surface area contributed by atoms with E-state index in [0.29, 0.717) is 0 Å². The van der Waals surface area contributed by atoms with E-state index in [1.807, 2.05) is 11.3 Å². The van der Waals surface area contributed by atoms with E-state index in [1.54, 1.807) is 0 Å². The number of halogens is 2. The maximum absolute atomic E-state index is 3.55. The van der Waals surface area contributed by atoms with E-state index in [9.17, 15) is 0 Å². The van der Waals surface area contributed by atoms with E-state index in [4.69, 9.17) is 0 Å². The van der Waals surface area contributed by atoms with Gasteiger partial charge in [-0.2, -0.15) is 0 Å². The number of rotatable bonds is 0. The summed E-state index contributed by atoms with van der Waals surface area (Å²) in [6, 6.07) is 6.35. The Morgan fingerprint density at radius 2 is 2.17 bits per heavy atom. The average molecular weight is 353 g/mol. The molecule has 3 heteroatoms. The molecule has 12 heavy (non-hydrogen) atoms. The second-order valence-electron chi connectivity index (χ2n) is 2.59. The minimum Gasteiger partial charge on any atom is -0.138 e. The van der Waals surface area contributed by atoms with Crippen molar-refractivity contribution in [3.63, 3.8) is 0 Å². The zero-order chi connectivity index (χ0) is 8.72. The number of aryl methyl sites for hydroxylation is 1. The summed E-state index contributed by atoms with van der Waals surface area (Å²) < 4.78 is 3.95. The predicted octanol–water partition coefficient (Wildman–Crippen LogP) is 4.58. The Hall–Kier alpha value is 0.390. The van der Waals surface area contributed by atoms with Crippen LogP contribution in [0.15, 0.2) is 22.7 Å². The molecule has 0 aliphatic heterocycles. The van der Waals surface area contributed by atoms with Crippen molar-refractivity contribution in [3.8, 4) is 0 Å². The lowest BCUT2D eigenvalue weighted by Gasteiger charge is -1.91. The van der Waals surface area contributed by atoms with E-state index < -0.39 is 0 Å². The monoisotopic (exact) mass is 352 g/mol. The lowest BCUT2D eigenvalue weighted by molar-refractivity contribution is 1.61. The highest BCUT2D eigenvalue weighted by atomic mass is 127. The van der Waals surface area contributed by atoms with Crippen molar-refractivity contribution in [1.29, 1.82) is 0 Å². The van der Waals surface area contributed by atoms with Crippen LogP contribution in [0.2, 0.25) is 0 Å². The molecule has 0 N–H and O–H groups in total. The van der Waals surface area contributed by atoms with Crippen LogP contribution in [0.25, 0.3) is 10.1 Å². The van der Waals surface area contributed by atoms with Crippen LogP contribution in [-0.2, 0) is 0 Å². The lowest BCUT2D eigenvalue weighted by atomic mass is 10.2. The molecule has 0 aliphatic rings. The number of hydrogen-bond donors (Lipinski definition) is 0. The number of benzene rings is 1. The molecule has 0 saturated carbocycles. The average Bonchev–Trinajstić information content (AvgIpc) is 2.32. The summed E-state index contributed by atoms with van der Waals surface area (Å²) in [7, 11) is 0. The van der Waals surface area contributed by atoms with E-state index in [0.717, 1.165) is 0 Å². The Balaban J connectivity index is 2.95. The topological polar surface area (TPSA) is 0 Å². The number of fused-ring (bicyclic) bond motifs is 1. The van der Waals surface area contributed by atoms with Crippen molar-refractivity contribution in [1.82, 2.24) is 0 Å². The molecule has 0 saturated heterocycles. The SMILES string of the molecule is Cc1sc2c(Br)cccc2c1I. The second-order valence-corrected chi connectivity index (χ2v) is 5.75. The molecule has 0 nitrogen and oxygen atoms in total. The molecule has 1 heterocycles. The minimum absolute atomic E-state index is 1.20. The van der Waals surface area contributed by atoms with Crippen molar-refractivity contribution in [2.75, 3.05) is 0 Å². The van der Waals surface area contributed by atoms with Crippen LogP contribution in [0.3, 0.4) is 0 Å². The number of thiophene rings is 1. The van der Waals surface area contributed by atoms with Gasteiger partial charge in [-0.1, -0.05) is 12.1 Å². The lowest BCUT2D eigenvalue weighted by Crippen LogP contribution is -1.69. The molecule has 62 valence electrons. The van der Waals surface area contributed by atoms with Crippen molar-refractivity contribution < 1.29 is 0 Å². The van der Waals surface area contributed by atoms with Crippen molar-refractivity contribution in [3.05, 3.63) is 31.1 Å². The molecule has 0 atom stereocenters. The van der Waals surface area contributed by atoms with Gasteiger partial charge in [0.25, 0.3) is 0 Å². The molecule has 0 fully saturated rings. The highest BCUT2D eigenvalue weighted by Gasteiger charge is 2.07. The summed E-state index contributed by atoms with van der Waals surface area (Å²) in [5, 5.41) is 1.37. The van der Waals surface area contributed by atoms with Crippen LogP contribution in [0.4, 0.5) is 0 Å². The van der Waals surface area contributed by atoms with Crippen molar-refractivity contribution in [2.24, 2.45) is 0 Å². The first-order valence-electron chi connectivity index (χ1n) is 3.53. The Labute approximate surface area is 97.2 Å². The Morgan fingerprint density at radius 3 is 2.83 bits per heavy atom. The third-order valence-corrected chi connectivity index (χ3v) is 5.60. The van der Waals surface area contributed by atoms with Crippen LogP contribution in [0.5, 0.6) is 0 Å². The first-order chi connectivity index (χ1) is 5.70. The van der Waals surface area contributed by atoms with Crippen LogP contribution < -0.4 is 0 Å². The van der Waals surface area contributed by atoms with Gasteiger partial charge in [0.2, 0.25) is 0 Å². The first-order valence-corrected chi connectivity index (χ1v) is 6.22. The molecule has 0 bridgehead atoms. The Morgan fingerprint density at radius 1 is 1.42 bits per heavy atom. The maximum atomic E-state index is 3.55. The Bertz CT molecular complexity index is 433. The molecule has 0 spiro atoms. The first kappa shape index (κ1) is 8.97. The molecular formula is C9H6BrIS. The molecule has 1 aromatic heterocycles. The minimum atomic E-state index is 1.20. The molecular weight excluding hydrogens is 347 g/mol. The van der Waals surface area contributed by atoms with E-state index in [-0.39, 0.29) is 0 Å². The van der Waals surface area contributed by atoms with Gasteiger partial charge in [-0.3, -0.25) is 0 Å². The quantitative estimate of drug-likeness (QED) is 0.609. The molecule has 0 aliphatic carbocycles. The van der Waals surface area contributed by atoms with E-state index >= 15 is 0 Å². The van der Waals surface area contributed by atoms with Gasteiger partial charge in [-0.25, -0.2) is 0 Å². The predicted molar refractivity (Wildman–Crippen MR) is 67.0 cm³/mol. The highest BCUT2D eigenvalue weighted by molar-refractivity contribution is 14.1. The van der Waals surface area contributed by atoms with Crippen molar-refractivity contribution in [2.45, 2.75) is 6.92 Å². The van der Waals surface area contributed by atoms with Gasteiger partial charge in [-0.15, -0.1) is 11.3 Å². The van der Waals surface area contributed by atoms with Gasteiger partial charge < -0.3 is 0 Å². The van der Waals surface area contributed by atoms with Gasteiger partial charge in [0, 0.05) is 23.0 Å². The maximum Gasteiger partial charge on any atom is 0.0498 e. The number of hydrogen-bond acceptors (Lipinski definition) is 1. The fourth-order valence-electron chi connectivity index (χ4n) is 1.17. The van der Waals surface area contributed by atoms with Crippen LogP contribution in [0.1, 0.15) is 4.88 Å². The summed E-state index contributed by atoms with van der Waals surface area (Å²) in [5.74, 6) is 0. The van der Waals surface area contributed by atoms with Gasteiger partial charge >= 0.3 is 0 Å². The second kappa shape index (κ2) is 3.27. The van der Waals surface area contributed by atoms with Crippen molar-refractivity contribution >= 4 is 59.9 Å². The fourth-order valence-corrected chi connectivity index (χ4v) is 3.70. The van der Waals surface area contributed by atoms with Gasteiger partial charge in [-0.05, 0) is 51.5 Å². The molecule has 1 aromatic carbocycles. The molecule has 0 unspecified atom stereocenters. The largest absolute Gasteiger partial charge is 0.138 e. The summed E-state index contributed by atoms with van der Waals surface area (Å²) in [4.78, 5) is 1.40. The smallest absolute Gasteiger partial charge is 0.0498 e. The van der Waals surface area contributed by atoms with Crippen LogP contribution >= 0.6 is 49.9 Å². The normalized spacial score (nSPS) is 10.9.